The molecule has 2 aliphatic rings. The maximum absolute atomic E-state index is 6.22. The average molecular weight is 225 g/mol. The Bertz CT molecular complexity index is 257. The number of hydrogen-bond donors (Lipinski definition) is 0. The molecule has 2 aliphatic carbocycles. The summed E-state index contributed by atoms with van der Waals surface area (Å²) >= 11 is 0. The molecule has 0 aliphatic heterocycles. The van der Waals surface area contributed by atoms with Gasteiger partial charge in [0.05, 0.1) is 12.7 Å². The average Bonchev–Trinajstić information content (AvgIpc) is 2.62. The lowest BCUT2D eigenvalue weighted by atomic mass is 9.70. The van der Waals surface area contributed by atoms with Crippen LogP contribution in [0.3, 0.4) is 0 Å². The second kappa shape index (κ2) is 3.99. The number of fused-ring (bicyclic) bond motifs is 2. The van der Waals surface area contributed by atoms with E-state index < -0.39 is 0 Å². The molecular formula is C14H27NO. The zero-order valence-electron chi connectivity index (χ0n) is 11.5. The lowest BCUT2D eigenvalue weighted by Gasteiger charge is -2.42. The standard InChI is InChI=1S/C14H27NO/c1-13(2)11-6-7-14(3,10-11)12(13)16-9-8-15(4)5/h11-12H,6-10H2,1-5H3/t11-,12+,14-/m0/s1. The van der Waals surface area contributed by atoms with Crippen LogP contribution in [-0.2, 0) is 4.74 Å². The van der Waals surface area contributed by atoms with Gasteiger partial charge in [-0.3, -0.25) is 0 Å². The van der Waals surface area contributed by atoms with Gasteiger partial charge in [0, 0.05) is 6.54 Å². The van der Waals surface area contributed by atoms with Gasteiger partial charge in [-0.05, 0) is 50.1 Å². The van der Waals surface area contributed by atoms with Gasteiger partial charge in [-0.25, -0.2) is 0 Å². The van der Waals surface area contributed by atoms with Crippen LogP contribution in [0.15, 0.2) is 0 Å². The van der Waals surface area contributed by atoms with Crippen molar-refractivity contribution in [1.82, 2.24) is 4.90 Å². The van der Waals surface area contributed by atoms with Gasteiger partial charge in [0.1, 0.15) is 0 Å². The SMILES string of the molecule is CN(C)CCO[C@@H]1C(C)(C)[C@H]2CC[C@@]1(C)C2. The number of ether oxygens (including phenoxy) is 1. The molecule has 2 bridgehead atoms. The third kappa shape index (κ3) is 1.91. The Labute approximate surface area is 100 Å². The third-order valence-corrected chi connectivity index (χ3v) is 4.96. The Morgan fingerprint density at radius 3 is 2.44 bits per heavy atom. The van der Waals surface area contributed by atoms with Gasteiger partial charge >= 0.3 is 0 Å². The predicted octanol–water partition coefficient (Wildman–Crippen LogP) is 2.78. The highest BCUT2D eigenvalue weighted by Crippen LogP contribution is 2.63. The molecule has 2 heteroatoms. The first kappa shape index (κ1) is 12.4. The minimum Gasteiger partial charge on any atom is -0.376 e. The molecular weight excluding hydrogens is 198 g/mol. The van der Waals surface area contributed by atoms with Crippen LogP contribution in [0.2, 0.25) is 0 Å². The molecule has 0 aromatic rings. The molecule has 0 spiro atoms. The fourth-order valence-corrected chi connectivity index (χ4v) is 4.03. The lowest BCUT2D eigenvalue weighted by Crippen LogP contribution is -2.43. The Morgan fingerprint density at radius 1 is 1.25 bits per heavy atom. The van der Waals surface area contributed by atoms with Crippen LogP contribution in [0.1, 0.15) is 40.0 Å². The molecule has 2 rings (SSSR count). The van der Waals surface area contributed by atoms with E-state index in [-0.39, 0.29) is 0 Å². The summed E-state index contributed by atoms with van der Waals surface area (Å²) in [4.78, 5) is 2.20. The summed E-state index contributed by atoms with van der Waals surface area (Å²) in [5.74, 6) is 0.891. The van der Waals surface area contributed by atoms with Crippen molar-refractivity contribution in [2.75, 3.05) is 27.2 Å². The first-order valence-electron chi connectivity index (χ1n) is 6.62. The van der Waals surface area contributed by atoms with Crippen molar-refractivity contribution < 1.29 is 4.74 Å². The van der Waals surface area contributed by atoms with Crippen LogP contribution in [0.25, 0.3) is 0 Å². The van der Waals surface area contributed by atoms with E-state index >= 15 is 0 Å². The van der Waals surface area contributed by atoms with Crippen LogP contribution in [0.5, 0.6) is 0 Å². The highest BCUT2D eigenvalue weighted by Gasteiger charge is 2.59. The first-order valence-corrected chi connectivity index (χ1v) is 6.62. The Kier molecular flexibility index (Phi) is 3.09. The van der Waals surface area contributed by atoms with Gasteiger partial charge in [-0.2, -0.15) is 0 Å². The summed E-state index contributed by atoms with van der Waals surface area (Å²) in [5.41, 5.74) is 0.847. The smallest absolute Gasteiger partial charge is 0.0682 e. The highest BCUT2D eigenvalue weighted by molar-refractivity contribution is 5.09. The molecule has 0 radical (unpaired) electrons. The molecule has 2 fully saturated rings. The molecule has 0 aromatic carbocycles. The minimum atomic E-state index is 0.388. The first-order chi connectivity index (χ1) is 7.36. The maximum atomic E-state index is 6.22. The minimum absolute atomic E-state index is 0.388. The van der Waals surface area contributed by atoms with Crippen molar-refractivity contribution in [3.05, 3.63) is 0 Å². The van der Waals surface area contributed by atoms with E-state index in [1.165, 1.54) is 19.3 Å². The van der Waals surface area contributed by atoms with Gasteiger partial charge in [0.15, 0.2) is 0 Å². The molecule has 0 amide bonds. The van der Waals surface area contributed by atoms with Crippen LogP contribution in [0.4, 0.5) is 0 Å². The molecule has 0 heterocycles. The van der Waals surface area contributed by atoms with Gasteiger partial charge in [-0.1, -0.05) is 20.8 Å². The summed E-state index contributed by atoms with van der Waals surface area (Å²) in [6.07, 6.45) is 4.64. The molecule has 2 saturated carbocycles. The number of likely N-dealkylation sites (N-methyl/N-ethyl adjacent to an activating group) is 1. The summed E-state index contributed by atoms with van der Waals surface area (Å²) in [7, 11) is 4.22. The topological polar surface area (TPSA) is 12.5 Å². The van der Waals surface area contributed by atoms with E-state index in [0.29, 0.717) is 16.9 Å². The predicted molar refractivity (Wildman–Crippen MR) is 67.5 cm³/mol. The van der Waals surface area contributed by atoms with Crippen LogP contribution in [-0.4, -0.2) is 38.3 Å². The van der Waals surface area contributed by atoms with Gasteiger partial charge in [-0.15, -0.1) is 0 Å². The van der Waals surface area contributed by atoms with E-state index in [9.17, 15) is 0 Å². The monoisotopic (exact) mass is 225 g/mol. The Balaban J connectivity index is 1.97. The van der Waals surface area contributed by atoms with E-state index in [0.717, 1.165) is 19.1 Å². The zero-order valence-corrected chi connectivity index (χ0v) is 11.5. The lowest BCUT2D eigenvalue weighted by molar-refractivity contribution is -0.0906. The Morgan fingerprint density at radius 2 is 1.94 bits per heavy atom. The van der Waals surface area contributed by atoms with Crippen molar-refractivity contribution in [2.24, 2.45) is 16.7 Å². The van der Waals surface area contributed by atoms with E-state index in [1.807, 2.05) is 0 Å². The molecule has 0 saturated heterocycles. The summed E-state index contributed by atoms with van der Waals surface area (Å²) in [6, 6.07) is 0. The van der Waals surface area contributed by atoms with Crippen molar-refractivity contribution in [3.8, 4) is 0 Å². The highest BCUT2D eigenvalue weighted by atomic mass is 16.5. The number of nitrogens with zero attached hydrogens (tertiary/aromatic N) is 1. The van der Waals surface area contributed by atoms with E-state index in [4.69, 9.17) is 4.74 Å². The van der Waals surface area contributed by atoms with E-state index in [2.05, 4.69) is 39.8 Å². The second-order valence-corrected chi connectivity index (χ2v) is 6.97. The third-order valence-electron chi connectivity index (χ3n) is 4.96. The molecule has 3 atom stereocenters. The molecule has 0 unspecified atom stereocenters. The maximum Gasteiger partial charge on any atom is 0.0682 e. The Hall–Kier alpha value is -0.0800. The summed E-state index contributed by atoms with van der Waals surface area (Å²) in [6.45, 7) is 9.16. The normalized spacial score (nSPS) is 40.9. The largest absolute Gasteiger partial charge is 0.376 e. The van der Waals surface area contributed by atoms with Crippen LogP contribution >= 0.6 is 0 Å². The fraction of sp³-hybridized carbons (Fsp3) is 1.00. The summed E-state index contributed by atoms with van der Waals surface area (Å²) < 4.78 is 6.22. The quantitative estimate of drug-likeness (QED) is 0.729. The van der Waals surface area contributed by atoms with E-state index in [1.54, 1.807) is 0 Å². The molecule has 0 N–H and O–H groups in total. The van der Waals surface area contributed by atoms with Gasteiger partial charge < -0.3 is 9.64 Å². The van der Waals surface area contributed by atoms with Crippen molar-refractivity contribution >= 4 is 0 Å². The molecule has 0 aromatic heterocycles. The van der Waals surface area contributed by atoms with Gasteiger partial charge in [0.2, 0.25) is 0 Å². The van der Waals surface area contributed by atoms with Crippen LogP contribution < -0.4 is 0 Å². The molecule has 94 valence electrons. The number of rotatable bonds is 4. The molecule has 2 nitrogen and oxygen atoms in total. The van der Waals surface area contributed by atoms with Crippen molar-refractivity contribution in [3.63, 3.8) is 0 Å². The molecule has 16 heavy (non-hydrogen) atoms. The van der Waals surface area contributed by atoms with Crippen LogP contribution in [0, 0.1) is 16.7 Å². The zero-order chi connectivity index (χ0) is 12.0. The summed E-state index contributed by atoms with van der Waals surface area (Å²) in [5, 5.41) is 0. The second-order valence-electron chi connectivity index (χ2n) is 6.97. The fourth-order valence-electron chi connectivity index (χ4n) is 4.03. The van der Waals surface area contributed by atoms with Gasteiger partial charge in [0.25, 0.3) is 0 Å². The number of hydrogen-bond acceptors (Lipinski definition) is 2. The van der Waals surface area contributed by atoms with Crippen molar-refractivity contribution in [1.29, 1.82) is 0 Å². The van der Waals surface area contributed by atoms with Crippen molar-refractivity contribution in [2.45, 2.75) is 46.1 Å².